The van der Waals surface area contributed by atoms with Crippen molar-refractivity contribution in [1.29, 1.82) is 0 Å². The molecule has 1 fully saturated rings. The number of ether oxygens (including phenoxy) is 1. The largest absolute Gasteiger partial charge is 0.481 e. The van der Waals surface area contributed by atoms with Crippen LogP contribution in [0.1, 0.15) is 151 Å². The Balaban J connectivity index is 1.05. The van der Waals surface area contributed by atoms with E-state index in [1.807, 2.05) is 13.8 Å². The Labute approximate surface area is 539 Å². The first kappa shape index (κ1) is 65.0. The van der Waals surface area contributed by atoms with Gasteiger partial charge in [0.05, 0.1) is 47.1 Å². The molecule has 470 valence electrons. The minimum absolute atomic E-state index is 0.00607. The number of carbonyl (C=O) groups is 8. The maximum absolute atomic E-state index is 14.4. The Morgan fingerprint density at radius 2 is 1.41 bits per heavy atom. The van der Waals surface area contributed by atoms with Gasteiger partial charge in [-0.15, -0.1) is 68.0 Å². The van der Waals surface area contributed by atoms with E-state index >= 15 is 0 Å². The monoisotopic (exact) mass is 1330 g/mol. The molecule has 10 rings (SSSR count). The van der Waals surface area contributed by atoms with Gasteiger partial charge in [-0.25, -0.2) is 34.9 Å². The van der Waals surface area contributed by atoms with Crippen LogP contribution in [0.4, 0.5) is 5.82 Å². The van der Waals surface area contributed by atoms with E-state index in [1.54, 1.807) is 70.9 Å². The first-order chi connectivity index (χ1) is 43.3. The molecular formula is C60H62N12O12S6. The summed E-state index contributed by atoms with van der Waals surface area (Å²) in [6.07, 6.45) is -0.239. The minimum atomic E-state index is -1.30. The zero-order valence-corrected chi connectivity index (χ0v) is 54.1. The van der Waals surface area contributed by atoms with Crippen LogP contribution in [0.5, 0.6) is 0 Å². The van der Waals surface area contributed by atoms with Crippen molar-refractivity contribution in [3.8, 4) is 43.4 Å². The highest BCUT2D eigenvalue weighted by molar-refractivity contribution is 7.15. The number of hydrogen-bond acceptors (Lipinski definition) is 23. The molecule has 24 nitrogen and oxygen atoms in total. The molecule has 4 atom stereocenters. The van der Waals surface area contributed by atoms with E-state index < -0.39 is 78.1 Å². The van der Waals surface area contributed by atoms with Gasteiger partial charge in [-0.2, -0.15) is 0 Å². The molecule has 5 amide bonds. The average molecular weight is 1340 g/mol. The minimum Gasteiger partial charge on any atom is -0.481 e. The van der Waals surface area contributed by atoms with Crippen molar-refractivity contribution in [2.45, 2.75) is 103 Å². The van der Waals surface area contributed by atoms with E-state index in [0.29, 0.717) is 99.4 Å². The summed E-state index contributed by atoms with van der Waals surface area (Å²) in [6.45, 7) is 5.16. The summed E-state index contributed by atoms with van der Waals surface area (Å²) in [7, 11) is 2.95. The molecule has 8 heterocycles. The predicted molar refractivity (Wildman–Crippen MR) is 341 cm³/mol. The number of aryl methyl sites for hydroxylation is 1. The number of aliphatic hydroxyl groups excluding tert-OH is 1. The SMILES string of the molecule is CNC(=O)C[C@@H]1NC(=O)c2csc(n2)-c2ccc(-c3nc(N(CCCC(=O)O)C(=O)C4CCC(C(=O)O)CC4)cs3)nc2-c2csc(n2)-c2csc(n2)[C@H]([C@@H](O)c2ccccc2)NC(=O)CNC(=O)c2nc(sc2COC)C(C(C)C)CC(=O)c2nc1sc2C. The number of benzene rings is 1. The highest BCUT2D eigenvalue weighted by Crippen LogP contribution is 2.42. The molecule has 0 spiro atoms. The lowest BCUT2D eigenvalue weighted by Crippen LogP contribution is -2.40. The Morgan fingerprint density at radius 1 is 0.722 bits per heavy atom. The van der Waals surface area contributed by atoms with E-state index in [-0.39, 0.29) is 79.3 Å². The van der Waals surface area contributed by atoms with Gasteiger partial charge in [0.15, 0.2) is 5.78 Å². The molecule has 30 heteroatoms. The Hall–Kier alpha value is -7.97. The molecule has 7 N–H and O–H groups in total. The predicted octanol–water partition coefficient (Wildman–Crippen LogP) is 9.29. The number of methoxy groups -OCH3 is 1. The standard InChI is InChI=1S/C60H62N12O12S6/c1-28(2)34-20-40(73)46-29(3)89-57(70-46)36(21-43(74)61-4)64-51(79)38-25-85-53(66-38)33-17-18-35(55-68-42(27-88-55)72(19-9-12-45(76)77)59(81)31-13-15-32(16-14-31)60(82)83)63-47(33)37-24-86-56(65-37)39-26-87-58(67-39)49(50(78)30-10-7-6-8-11-30)69-44(75)22-62-52(80)48-41(23-84-5)90-54(34)71-48/h6-8,10-11,17-18,24-28,31-32,34,36,49-50,78H,9,12-16,19-23H2,1-5H3,(H,61,74)(H,62,80)(H,64,79)(H,69,75)(H,76,77)(H,82,83)/t31?,32?,34?,36-,49-,50-/m0/s1. The van der Waals surface area contributed by atoms with Crippen LogP contribution in [0.2, 0.25) is 0 Å². The highest BCUT2D eigenvalue weighted by Gasteiger charge is 2.36. The fourth-order valence-electron chi connectivity index (χ4n) is 10.5. The van der Waals surface area contributed by atoms with Gasteiger partial charge in [-0.3, -0.25) is 43.3 Å². The van der Waals surface area contributed by atoms with Crippen LogP contribution < -0.4 is 26.2 Å². The van der Waals surface area contributed by atoms with Crippen molar-refractivity contribution in [2.75, 3.05) is 32.1 Å². The van der Waals surface area contributed by atoms with Gasteiger partial charge < -0.3 is 41.3 Å². The lowest BCUT2D eigenvalue weighted by atomic mass is 9.81. The maximum atomic E-state index is 14.4. The molecule has 1 aromatic carbocycles. The van der Waals surface area contributed by atoms with Gasteiger partial charge in [0.25, 0.3) is 11.8 Å². The van der Waals surface area contributed by atoms with Crippen molar-refractivity contribution >= 4 is 121 Å². The van der Waals surface area contributed by atoms with Gasteiger partial charge >= 0.3 is 11.9 Å². The van der Waals surface area contributed by atoms with Crippen LogP contribution in [-0.4, -0.2) is 125 Å². The molecule has 2 aliphatic rings. The number of carbonyl (C=O) groups excluding carboxylic acids is 6. The van der Waals surface area contributed by atoms with Gasteiger partial charge in [0.2, 0.25) is 17.7 Å². The number of aliphatic carboxylic acids is 2. The third kappa shape index (κ3) is 14.9. The van der Waals surface area contributed by atoms with Gasteiger partial charge in [-0.05, 0) is 62.6 Å². The smallest absolute Gasteiger partial charge is 0.306 e. The average Bonchev–Trinajstić information content (AvgIpc) is 1.76. The number of thiazole rings is 6. The molecule has 1 saturated carbocycles. The number of hydrogen-bond donors (Lipinski definition) is 7. The number of ketones is 1. The summed E-state index contributed by atoms with van der Waals surface area (Å²) in [5.74, 6) is -6.26. The second kappa shape index (κ2) is 28.9. The van der Waals surface area contributed by atoms with Crippen LogP contribution >= 0.6 is 68.0 Å². The third-order valence-electron chi connectivity index (χ3n) is 15.3. The molecule has 1 aliphatic carbocycles. The number of pyridine rings is 1. The molecule has 1 unspecified atom stereocenters. The summed E-state index contributed by atoms with van der Waals surface area (Å²) in [6, 6.07) is 10.1. The summed E-state index contributed by atoms with van der Waals surface area (Å²) in [4.78, 5) is 144. The van der Waals surface area contributed by atoms with Crippen molar-refractivity contribution < 1.29 is 58.4 Å². The number of amides is 5. The van der Waals surface area contributed by atoms with E-state index in [1.165, 1.54) is 75.7 Å². The number of fused-ring (bicyclic) bond motifs is 14. The molecule has 90 heavy (non-hydrogen) atoms. The summed E-state index contributed by atoms with van der Waals surface area (Å²) in [5.41, 5.74) is 2.60. The third-order valence-corrected chi connectivity index (χ3v) is 21.1. The molecule has 0 saturated heterocycles. The van der Waals surface area contributed by atoms with E-state index in [2.05, 4.69) is 21.3 Å². The lowest BCUT2D eigenvalue weighted by molar-refractivity contribution is -0.144. The lowest BCUT2D eigenvalue weighted by Gasteiger charge is -2.30. The number of rotatable bonds is 15. The van der Waals surface area contributed by atoms with Crippen molar-refractivity contribution in [2.24, 2.45) is 17.8 Å². The summed E-state index contributed by atoms with van der Waals surface area (Å²) >= 11 is 7.16. The van der Waals surface area contributed by atoms with Gasteiger partial charge in [0.1, 0.15) is 77.2 Å². The Kier molecular flexibility index (Phi) is 20.9. The topological polar surface area (TPSA) is 348 Å². The van der Waals surface area contributed by atoms with E-state index in [9.17, 15) is 53.7 Å². The number of carboxylic acid groups (broad SMARTS) is 2. The number of nitrogens with zero attached hydrogens (tertiary/aromatic N) is 8. The van der Waals surface area contributed by atoms with Crippen molar-refractivity contribution in [1.82, 2.24) is 56.2 Å². The first-order valence-electron chi connectivity index (χ1n) is 28.7. The molecule has 0 radical (unpaired) electrons. The Bertz CT molecular complexity index is 3980. The number of carboxylic acids is 2. The fourth-order valence-corrected chi connectivity index (χ4v) is 16.1. The number of aliphatic hydroxyl groups is 1. The number of anilines is 1. The quantitative estimate of drug-likeness (QED) is 0.0502. The van der Waals surface area contributed by atoms with Crippen LogP contribution in [-0.2, 0) is 35.3 Å². The maximum Gasteiger partial charge on any atom is 0.306 e. The van der Waals surface area contributed by atoms with Crippen molar-refractivity contribution in [3.63, 3.8) is 0 Å². The van der Waals surface area contributed by atoms with Crippen LogP contribution in [0, 0.1) is 24.7 Å². The Morgan fingerprint density at radius 3 is 2.13 bits per heavy atom. The second-order valence-electron chi connectivity index (χ2n) is 21.8. The summed E-state index contributed by atoms with van der Waals surface area (Å²) in [5, 5.41) is 51.3. The zero-order chi connectivity index (χ0) is 63.9. The molecule has 1 aliphatic heterocycles. The first-order valence-corrected chi connectivity index (χ1v) is 33.8. The van der Waals surface area contributed by atoms with Crippen LogP contribution in [0.25, 0.3) is 43.4 Å². The normalized spacial score (nSPS) is 18.7. The fraction of sp³-hybridized carbons (Fsp3) is 0.383. The number of aromatic nitrogens is 7. The number of nitrogens with one attached hydrogen (secondary N) is 4. The van der Waals surface area contributed by atoms with Crippen LogP contribution in [0.15, 0.2) is 64.0 Å². The highest BCUT2D eigenvalue weighted by atomic mass is 32.1. The van der Waals surface area contributed by atoms with E-state index in [0.717, 1.165) is 11.3 Å². The van der Waals surface area contributed by atoms with E-state index in [4.69, 9.17) is 39.6 Å². The molecule has 10 bridgehead atoms. The van der Waals surface area contributed by atoms with Crippen LogP contribution in [0.3, 0.4) is 0 Å². The molecular weight excluding hydrogens is 1270 g/mol. The van der Waals surface area contributed by atoms with Gasteiger partial charge in [-0.1, -0.05) is 44.2 Å². The van der Waals surface area contributed by atoms with Crippen molar-refractivity contribution in [3.05, 3.63) is 111 Å². The zero-order valence-electron chi connectivity index (χ0n) is 49.2. The number of Topliss-reactive ketones (excluding diaryl/α,β-unsaturated/α-hetero) is 1. The molecule has 7 aromatic heterocycles. The van der Waals surface area contributed by atoms with Gasteiger partial charge in [0, 0.05) is 77.3 Å². The molecule has 8 aromatic rings. The second-order valence-corrected chi connectivity index (χ2v) is 27.6. The summed E-state index contributed by atoms with van der Waals surface area (Å²) < 4.78 is 5.47.